The summed E-state index contributed by atoms with van der Waals surface area (Å²) >= 11 is 0. The van der Waals surface area contributed by atoms with Gasteiger partial charge in [0.15, 0.2) is 11.6 Å². The zero-order valence-electron chi connectivity index (χ0n) is 24.8. The lowest BCUT2D eigenvalue weighted by atomic mass is 9.96. The number of aryl methyl sites for hydroxylation is 2. The molecule has 42 heavy (non-hydrogen) atoms. The van der Waals surface area contributed by atoms with Crippen molar-refractivity contribution in [2.75, 3.05) is 13.1 Å². The number of carbonyl (C=O) groups is 3. The van der Waals surface area contributed by atoms with Gasteiger partial charge in [-0.25, -0.2) is 9.97 Å². The van der Waals surface area contributed by atoms with Crippen molar-refractivity contribution in [3.8, 4) is 11.8 Å². The van der Waals surface area contributed by atoms with E-state index in [4.69, 9.17) is 9.84 Å². The molecule has 1 saturated carbocycles. The summed E-state index contributed by atoms with van der Waals surface area (Å²) in [5, 5.41) is 8.97. The van der Waals surface area contributed by atoms with Crippen LogP contribution in [0, 0.1) is 12.3 Å². The molecule has 1 saturated heterocycles. The first-order valence-electron chi connectivity index (χ1n) is 15.3. The number of amides is 1. The maximum atomic E-state index is 14.0. The Kier molecular flexibility index (Phi) is 7.83. The predicted molar refractivity (Wildman–Crippen MR) is 158 cm³/mol. The third kappa shape index (κ3) is 5.44. The first-order chi connectivity index (χ1) is 20.3. The number of nitrogens with one attached hydrogen (secondary N) is 1. The number of aromatic nitrogens is 4. The molecule has 0 unspecified atom stereocenters. The molecule has 2 aliphatic heterocycles. The molecule has 10 heteroatoms. The lowest BCUT2D eigenvalue weighted by Gasteiger charge is -2.26. The highest BCUT2D eigenvalue weighted by molar-refractivity contribution is 6.06. The van der Waals surface area contributed by atoms with Crippen molar-refractivity contribution in [3.05, 3.63) is 41.3 Å². The lowest BCUT2D eigenvalue weighted by Crippen LogP contribution is -2.44. The topological polar surface area (TPSA) is 119 Å². The predicted octanol–water partition coefficient (Wildman–Crippen LogP) is 4.56. The molecular weight excluding hydrogens is 532 g/mol. The second-order valence-electron chi connectivity index (χ2n) is 12.3. The third-order valence-electron chi connectivity index (χ3n) is 9.18. The summed E-state index contributed by atoms with van der Waals surface area (Å²) in [5.41, 5.74) is 2.95. The third-order valence-corrected chi connectivity index (χ3v) is 9.18. The summed E-state index contributed by atoms with van der Waals surface area (Å²) in [7, 11) is 0. The Morgan fingerprint density at radius 2 is 1.86 bits per heavy atom. The van der Waals surface area contributed by atoms with E-state index in [0.717, 1.165) is 74.7 Å². The van der Waals surface area contributed by atoms with Crippen molar-refractivity contribution in [1.82, 2.24) is 30.0 Å². The van der Waals surface area contributed by atoms with E-state index in [-0.39, 0.29) is 41.5 Å². The average molecular weight is 573 g/mol. The number of nitrogens with zero attached hydrogens (tertiary/aromatic N) is 5. The van der Waals surface area contributed by atoms with E-state index in [2.05, 4.69) is 15.3 Å². The minimum atomic E-state index is -0.398. The van der Waals surface area contributed by atoms with Gasteiger partial charge in [0.05, 0.1) is 11.6 Å². The average Bonchev–Trinajstić information content (AvgIpc) is 3.38. The van der Waals surface area contributed by atoms with E-state index in [1.165, 1.54) is 6.92 Å². The largest absolute Gasteiger partial charge is 0.424 e. The van der Waals surface area contributed by atoms with Crippen LogP contribution in [0.4, 0.5) is 0 Å². The maximum Gasteiger partial charge on any atom is 0.321 e. The zero-order chi connectivity index (χ0) is 29.4. The molecule has 3 aliphatic rings. The summed E-state index contributed by atoms with van der Waals surface area (Å²) in [5.74, 6) is 0.340. The molecule has 2 fully saturated rings. The Morgan fingerprint density at radius 1 is 1.10 bits per heavy atom. The first-order valence-corrected chi connectivity index (χ1v) is 15.3. The Balaban J connectivity index is 1.40. The van der Waals surface area contributed by atoms with Gasteiger partial charge in [-0.3, -0.25) is 19.1 Å². The van der Waals surface area contributed by atoms with E-state index < -0.39 is 6.04 Å². The Labute approximate surface area is 246 Å². The fraction of sp³-hybridized carbons (Fsp3) is 0.562. The molecule has 0 radical (unpaired) electrons. The van der Waals surface area contributed by atoms with Gasteiger partial charge >= 0.3 is 6.01 Å². The molecule has 0 spiro atoms. The number of hydrogen-bond donors (Lipinski definition) is 1. The van der Waals surface area contributed by atoms with Crippen LogP contribution in [-0.2, 0) is 22.6 Å². The van der Waals surface area contributed by atoms with Gasteiger partial charge in [0.25, 0.3) is 0 Å². The summed E-state index contributed by atoms with van der Waals surface area (Å²) in [6, 6.07) is 3.65. The molecule has 3 atom stereocenters. The van der Waals surface area contributed by atoms with Gasteiger partial charge in [0.2, 0.25) is 5.91 Å². The fourth-order valence-electron chi connectivity index (χ4n) is 6.93. The quantitative estimate of drug-likeness (QED) is 0.442. The fourth-order valence-corrected chi connectivity index (χ4v) is 6.93. The van der Waals surface area contributed by atoms with E-state index in [1.807, 2.05) is 24.8 Å². The van der Waals surface area contributed by atoms with Crippen LogP contribution in [0.15, 0.2) is 24.5 Å². The van der Waals surface area contributed by atoms with Crippen molar-refractivity contribution in [2.24, 2.45) is 5.41 Å². The maximum absolute atomic E-state index is 14.0. The van der Waals surface area contributed by atoms with Crippen molar-refractivity contribution >= 4 is 28.4 Å². The highest BCUT2D eigenvalue weighted by Crippen LogP contribution is 2.59. The SMILES string of the molecule is CCC(=O)[C@@H]1C[C@]23CNCCCCCCCc4cc(Oc5ncc(C)cn5)cc5c(C(C)=O)nn(c45)CC(=O)N1[C@@H]2C3. The molecular formula is C32H40N6O4. The number of piperidine rings is 1. The van der Waals surface area contributed by atoms with Crippen LogP contribution in [0.1, 0.15) is 86.8 Å². The minimum Gasteiger partial charge on any atom is -0.424 e. The van der Waals surface area contributed by atoms with E-state index in [1.54, 1.807) is 23.1 Å². The van der Waals surface area contributed by atoms with E-state index >= 15 is 0 Å². The second kappa shape index (κ2) is 11.6. The molecule has 3 aromatic rings. The van der Waals surface area contributed by atoms with Crippen molar-refractivity contribution in [1.29, 1.82) is 0 Å². The molecule has 1 N–H and O–H groups in total. The van der Waals surface area contributed by atoms with E-state index in [0.29, 0.717) is 29.7 Å². The molecule has 2 bridgehead atoms. The standard InChI is InChI=1S/C32H40N6O4/c1-4-26(40)25-14-32-15-27(32)38(25)28(41)18-37-30-22(10-8-6-5-7-9-11-33-19-32)12-23(13-24(30)29(36-37)21(3)39)42-31-34-16-20(2)17-35-31/h12-13,16-17,25,27,33H,4-11,14-15,18-19H2,1-3H3/t25-,27+,32-/m0/s1. The number of carbonyl (C=O) groups excluding carboxylic acids is 3. The normalized spacial score (nSPS) is 24.7. The van der Waals surface area contributed by atoms with Gasteiger partial charge in [-0.15, -0.1) is 0 Å². The summed E-state index contributed by atoms with van der Waals surface area (Å²) in [4.78, 5) is 50.2. The molecule has 1 amide bonds. The Bertz CT molecular complexity index is 1520. The van der Waals surface area contributed by atoms with Gasteiger partial charge < -0.3 is 15.0 Å². The highest BCUT2D eigenvalue weighted by Gasteiger charge is 2.66. The van der Waals surface area contributed by atoms with Crippen LogP contribution in [0.3, 0.4) is 0 Å². The van der Waals surface area contributed by atoms with Gasteiger partial charge in [-0.2, -0.15) is 5.10 Å². The zero-order valence-corrected chi connectivity index (χ0v) is 24.8. The van der Waals surface area contributed by atoms with Crippen LogP contribution in [-0.4, -0.2) is 67.3 Å². The van der Waals surface area contributed by atoms with Crippen LogP contribution in [0.5, 0.6) is 11.8 Å². The highest BCUT2D eigenvalue weighted by atomic mass is 16.5. The monoisotopic (exact) mass is 572 g/mol. The Morgan fingerprint density at radius 3 is 2.62 bits per heavy atom. The number of rotatable bonds is 5. The van der Waals surface area contributed by atoms with E-state index in [9.17, 15) is 14.4 Å². The molecule has 2 aromatic heterocycles. The number of Topliss-reactive ketones (excluding diaryl/α,β-unsaturated/α-hetero) is 2. The van der Waals surface area contributed by atoms with Gasteiger partial charge in [0, 0.05) is 49.1 Å². The van der Waals surface area contributed by atoms with Crippen LogP contribution >= 0.6 is 0 Å². The number of ketones is 2. The van der Waals surface area contributed by atoms with Gasteiger partial charge in [-0.1, -0.05) is 26.2 Å². The summed E-state index contributed by atoms with van der Waals surface area (Å²) < 4.78 is 7.73. The molecule has 1 aliphatic carbocycles. The smallest absolute Gasteiger partial charge is 0.321 e. The lowest BCUT2D eigenvalue weighted by molar-refractivity contribution is -0.139. The van der Waals surface area contributed by atoms with Gasteiger partial charge in [0.1, 0.15) is 18.0 Å². The first kappa shape index (κ1) is 28.5. The van der Waals surface area contributed by atoms with Crippen molar-refractivity contribution in [2.45, 2.75) is 97.2 Å². The molecule has 6 rings (SSSR count). The van der Waals surface area contributed by atoms with Crippen LogP contribution < -0.4 is 10.1 Å². The van der Waals surface area contributed by atoms with Crippen molar-refractivity contribution < 1.29 is 19.1 Å². The molecule has 1 aromatic carbocycles. The summed E-state index contributed by atoms with van der Waals surface area (Å²) in [6.45, 7) is 7.04. The molecule has 222 valence electrons. The summed E-state index contributed by atoms with van der Waals surface area (Å²) in [6.07, 6.45) is 11.6. The van der Waals surface area contributed by atoms with Gasteiger partial charge in [-0.05, 0) is 68.8 Å². The number of benzene rings is 1. The second-order valence-corrected chi connectivity index (χ2v) is 12.3. The minimum absolute atomic E-state index is 0.0223. The van der Waals surface area contributed by atoms with Crippen LogP contribution in [0.2, 0.25) is 0 Å². The van der Waals surface area contributed by atoms with Crippen molar-refractivity contribution in [3.63, 3.8) is 0 Å². The van der Waals surface area contributed by atoms with Crippen LogP contribution in [0.25, 0.3) is 10.9 Å². The molecule has 10 nitrogen and oxygen atoms in total. The Hall–Kier alpha value is -3.66. The number of hydrogen-bond acceptors (Lipinski definition) is 8. The molecule has 4 heterocycles. The number of ether oxygens (including phenoxy) is 1.